The Balaban J connectivity index is 1.88. The molecule has 0 bridgehead atoms. The van der Waals surface area contributed by atoms with Crippen molar-refractivity contribution in [3.8, 4) is 17.0 Å². The van der Waals surface area contributed by atoms with Gasteiger partial charge in [0.2, 0.25) is 5.69 Å². The van der Waals surface area contributed by atoms with E-state index in [-0.39, 0.29) is 0 Å². The molecule has 18 heavy (non-hydrogen) atoms. The summed E-state index contributed by atoms with van der Waals surface area (Å²) < 4.78 is 8.06. The summed E-state index contributed by atoms with van der Waals surface area (Å²) in [5.41, 5.74) is 3.97. The first kappa shape index (κ1) is 11.3. The SMILES string of the molecule is CCCCOc1ccc2c(c1)-c1cccc[n+]1C2. The number of nitrogens with zero attached hydrogens (tertiary/aromatic N) is 1. The van der Waals surface area contributed by atoms with Gasteiger partial charge in [-0.05, 0) is 30.7 Å². The van der Waals surface area contributed by atoms with Crippen LogP contribution in [-0.2, 0) is 6.54 Å². The van der Waals surface area contributed by atoms with E-state index in [0.717, 1.165) is 25.3 Å². The lowest BCUT2D eigenvalue weighted by Gasteiger charge is -2.05. The molecule has 2 heterocycles. The molecule has 92 valence electrons. The number of hydrogen-bond acceptors (Lipinski definition) is 1. The lowest BCUT2D eigenvalue weighted by Crippen LogP contribution is -2.31. The highest BCUT2D eigenvalue weighted by Crippen LogP contribution is 2.29. The minimum Gasteiger partial charge on any atom is -0.494 e. The quantitative estimate of drug-likeness (QED) is 0.504. The highest BCUT2D eigenvalue weighted by atomic mass is 16.5. The monoisotopic (exact) mass is 240 g/mol. The van der Waals surface area contributed by atoms with Crippen molar-refractivity contribution in [1.82, 2.24) is 0 Å². The Morgan fingerprint density at radius 3 is 3.06 bits per heavy atom. The van der Waals surface area contributed by atoms with Crippen LogP contribution in [0, 0.1) is 0 Å². The van der Waals surface area contributed by atoms with Gasteiger partial charge in [-0.15, -0.1) is 0 Å². The third-order valence-electron chi connectivity index (χ3n) is 3.41. The number of fused-ring (bicyclic) bond motifs is 3. The van der Waals surface area contributed by atoms with Crippen LogP contribution in [0.5, 0.6) is 5.75 Å². The highest BCUT2D eigenvalue weighted by Gasteiger charge is 2.25. The van der Waals surface area contributed by atoms with Crippen molar-refractivity contribution in [2.24, 2.45) is 0 Å². The standard InChI is InChI=1S/C16H18NO/c1-2-3-10-18-14-8-7-13-12-17-9-5-4-6-16(17)15(13)11-14/h4-9,11H,2-3,10,12H2,1H3/q+1. The normalized spacial score (nSPS) is 12.1. The van der Waals surface area contributed by atoms with Crippen LogP contribution in [0.4, 0.5) is 0 Å². The van der Waals surface area contributed by atoms with E-state index in [1.54, 1.807) is 0 Å². The van der Waals surface area contributed by atoms with Crippen LogP contribution in [-0.4, -0.2) is 6.61 Å². The van der Waals surface area contributed by atoms with Crippen molar-refractivity contribution in [3.63, 3.8) is 0 Å². The number of benzene rings is 1. The molecule has 1 aliphatic heterocycles. The smallest absolute Gasteiger partial charge is 0.213 e. The molecule has 1 aromatic carbocycles. The van der Waals surface area contributed by atoms with E-state index in [9.17, 15) is 0 Å². The van der Waals surface area contributed by atoms with Gasteiger partial charge < -0.3 is 4.74 Å². The van der Waals surface area contributed by atoms with Crippen molar-refractivity contribution >= 4 is 0 Å². The summed E-state index contributed by atoms with van der Waals surface area (Å²) in [4.78, 5) is 0. The van der Waals surface area contributed by atoms with Crippen molar-refractivity contribution in [2.75, 3.05) is 6.61 Å². The summed E-state index contributed by atoms with van der Waals surface area (Å²) in [5, 5.41) is 0. The molecule has 0 N–H and O–H groups in total. The van der Waals surface area contributed by atoms with Gasteiger partial charge in [0.15, 0.2) is 12.7 Å². The topological polar surface area (TPSA) is 13.1 Å². The zero-order valence-electron chi connectivity index (χ0n) is 10.7. The number of rotatable bonds is 4. The second-order valence-corrected chi connectivity index (χ2v) is 4.73. The summed E-state index contributed by atoms with van der Waals surface area (Å²) in [6, 6.07) is 12.8. The molecular formula is C16H18NO+. The van der Waals surface area contributed by atoms with E-state index in [2.05, 4.69) is 54.1 Å². The Bertz CT molecular complexity index is 563. The van der Waals surface area contributed by atoms with Crippen LogP contribution in [0.15, 0.2) is 42.6 Å². The van der Waals surface area contributed by atoms with Crippen LogP contribution in [0.25, 0.3) is 11.3 Å². The van der Waals surface area contributed by atoms with Crippen molar-refractivity contribution < 1.29 is 9.30 Å². The summed E-state index contributed by atoms with van der Waals surface area (Å²) in [7, 11) is 0. The maximum absolute atomic E-state index is 5.78. The van der Waals surface area contributed by atoms with Crippen molar-refractivity contribution in [2.45, 2.75) is 26.3 Å². The first-order valence-electron chi connectivity index (χ1n) is 6.63. The van der Waals surface area contributed by atoms with E-state index in [4.69, 9.17) is 4.74 Å². The van der Waals surface area contributed by atoms with Gasteiger partial charge in [-0.3, -0.25) is 0 Å². The predicted molar refractivity (Wildman–Crippen MR) is 71.6 cm³/mol. The highest BCUT2D eigenvalue weighted by molar-refractivity contribution is 5.65. The Hall–Kier alpha value is -1.83. The summed E-state index contributed by atoms with van der Waals surface area (Å²) in [6.07, 6.45) is 4.42. The third-order valence-corrected chi connectivity index (χ3v) is 3.41. The fraction of sp³-hybridized carbons (Fsp3) is 0.312. The molecule has 0 unspecified atom stereocenters. The zero-order valence-corrected chi connectivity index (χ0v) is 10.7. The van der Waals surface area contributed by atoms with Gasteiger partial charge >= 0.3 is 0 Å². The van der Waals surface area contributed by atoms with Gasteiger partial charge in [-0.2, -0.15) is 4.57 Å². The average molecular weight is 240 g/mol. The summed E-state index contributed by atoms with van der Waals surface area (Å²) in [5.74, 6) is 0.986. The molecule has 1 aromatic heterocycles. The van der Waals surface area contributed by atoms with Gasteiger partial charge in [0, 0.05) is 17.7 Å². The molecule has 2 nitrogen and oxygen atoms in total. The van der Waals surface area contributed by atoms with Crippen LogP contribution in [0.3, 0.4) is 0 Å². The molecule has 0 aliphatic carbocycles. The molecular weight excluding hydrogens is 222 g/mol. The lowest BCUT2D eigenvalue weighted by molar-refractivity contribution is -0.672. The van der Waals surface area contributed by atoms with Gasteiger partial charge in [0.25, 0.3) is 0 Å². The average Bonchev–Trinajstić information content (AvgIpc) is 2.77. The number of unbranched alkanes of at least 4 members (excludes halogenated alkanes) is 1. The van der Waals surface area contributed by atoms with Crippen LogP contribution < -0.4 is 9.30 Å². The fourth-order valence-electron chi connectivity index (χ4n) is 2.40. The molecule has 0 saturated carbocycles. The van der Waals surface area contributed by atoms with Crippen LogP contribution in [0.2, 0.25) is 0 Å². The second kappa shape index (κ2) is 4.81. The molecule has 0 radical (unpaired) electrons. The van der Waals surface area contributed by atoms with Gasteiger partial charge in [-0.25, -0.2) is 0 Å². The van der Waals surface area contributed by atoms with Crippen LogP contribution >= 0.6 is 0 Å². The first-order valence-corrected chi connectivity index (χ1v) is 6.63. The molecule has 0 fully saturated rings. The van der Waals surface area contributed by atoms with E-state index in [1.165, 1.54) is 23.2 Å². The minimum atomic E-state index is 0.810. The first-order chi connectivity index (χ1) is 8.88. The zero-order chi connectivity index (χ0) is 12.4. The minimum absolute atomic E-state index is 0.810. The maximum Gasteiger partial charge on any atom is 0.213 e. The predicted octanol–water partition coefficient (Wildman–Crippen LogP) is 3.18. The Kier molecular flexibility index (Phi) is 3.01. The Labute approximate surface area is 108 Å². The number of ether oxygens (including phenoxy) is 1. The van der Waals surface area contributed by atoms with Crippen molar-refractivity contribution in [3.05, 3.63) is 48.2 Å². The molecule has 2 aromatic rings. The van der Waals surface area contributed by atoms with Gasteiger partial charge in [0.05, 0.1) is 12.2 Å². The Morgan fingerprint density at radius 2 is 2.17 bits per heavy atom. The van der Waals surface area contributed by atoms with Gasteiger partial charge in [0.1, 0.15) is 5.75 Å². The molecule has 0 saturated heterocycles. The lowest BCUT2D eigenvalue weighted by atomic mass is 10.1. The maximum atomic E-state index is 5.78. The van der Waals surface area contributed by atoms with Crippen molar-refractivity contribution in [1.29, 1.82) is 0 Å². The van der Waals surface area contributed by atoms with Gasteiger partial charge in [-0.1, -0.05) is 13.3 Å². The molecule has 1 aliphatic rings. The largest absolute Gasteiger partial charge is 0.494 e. The third kappa shape index (κ3) is 1.99. The van der Waals surface area contributed by atoms with Crippen LogP contribution in [0.1, 0.15) is 25.3 Å². The number of aromatic nitrogens is 1. The molecule has 0 amide bonds. The fourth-order valence-corrected chi connectivity index (χ4v) is 2.40. The molecule has 0 atom stereocenters. The summed E-state index contributed by atoms with van der Waals surface area (Å²) >= 11 is 0. The van der Waals surface area contributed by atoms with E-state index < -0.39 is 0 Å². The Morgan fingerprint density at radius 1 is 1.22 bits per heavy atom. The summed E-state index contributed by atoms with van der Waals surface area (Å²) in [6.45, 7) is 3.96. The number of pyridine rings is 1. The second-order valence-electron chi connectivity index (χ2n) is 4.73. The van der Waals surface area contributed by atoms with E-state index >= 15 is 0 Å². The molecule has 3 rings (SSSR count). The van der Waals surface area contributed by atoms with E-state index in [0.29, 0.717) is 0 Å². The molecule has 0 spiro atoms. The van der Waals surface area contributed by atoms with E-state index in [1.807, 2.05) is 0 Å². The number of hydrogen-bond donors (Lipinski definition) is 0. The molecule has 2 heteroatoms.